The molecule has 0 N–H and O–H groups in total. The predicted molar refractivity (Wildman–Crippen MR) is 73.6 cm³/mol. The van der Waals surface area contributed by atoms with Crippen LogP contribution in [0.1, 0.15) is 6.92 Å². The average molecular weight is 316 g/mol. The van der Waals surface area contributed by atoms with Crippen LogP contribution in [0.25, 0.3) is 11.5 Å². The molecule has 0 bridgehead atoms. The summed E-state index contributed by atoms with van der Waals surface area (Å²) < 4.78 is 39.0. The van der Waals surface area contributed by atoms with Crippen molar-refractivity contribution < 1.29 is 22.7 Å². The normalized spacial score (nSPS) is 11.0. The van der Waals surface area contributed by atoms with Crippen LogP contribution in [0.5, 0.6) is 5.75 Å². The third kappa shape index (κ3) is 4.98. The Hall–Kier alpha value is -1.67. The van der Waals surface area contributed by atoms with E-state index in [0.717, 1.165) is 5.75 Å². The van der Waals surface area contributed by atoms with E-state index in [4.69, 9.17) is 9.15 Å². The Morgan fingerprint density at radius 3 is 2.67 bits per heavy atom. The maximum absolute atomic E-state index is 12.0. The van der Waals surface area contributed by atoms with Crippen molar-refractivity contribution in [2.24, 2.45) is 0 Å². The molecule has 0 aliphatic heterocycles. The van der Waals surface area contributed by atoms with E-state index in [1.54, 1.807) is 12.1 Å². The van der Waals surface area contributed by atoms with Crippen LogP contribution in [-0.2, 0) is 4.74 Å². The van der Waals surface area contributed by atoms with Gasteiger partial charge in [-0.25, -0.2) is 0 Å². The smallest absolute Gasteiger partial charge is 0.387 e. The Balaban J connectivity index is 1.94. The van der Waals surface area contributed by atoms with Gasteiger partial charge in [-0.05, 0) is 31.2 Å². The monoisotopic (exact) mass is 316 g/mol. The first kappa shape index (κ1) is 15.7. The fourth-order valence-corrected chi connectivity index (χ4v) is 2.11. The zero-order chi connectivity index (χ0) is 15.1. The average Bonchev–Trinajstić information content (AvgIpc) is 2.93. The van der Waals surface area contributed by atoms with Gasteiger partial charge in [0.25, 0.3) is 5.22 Å². The summed E-state index contributed by atoms with van der Waals surface area (Å²) in [6.07, 6.45) is 0. The fourth-order valence-electron chi connectivity index (χ4n) is 1.50. The molecule has 0 fully saturated rings. The number of thioether (sulfide) groups is 1. The molecular formula is C13H14F2N2O3S. The molecule has 1 aromatic heterocycles. The Labute approximate surface area is 124 Å². The van der Waals surface area contributed by atoms with Gasteiger partial charge in [0.05, 0.1) is 6.61 Å². The summed E-state index contributed by atoms with van der Waals surface area (Å²) in [7, 11) is 0. The Morgan fingerprint density at radius 2 is 2.00 bits per heavy atom. The molecule has 1 aromatic carbocycles. The third-order valence-electron chi connectivity index (χ3n) is 2.39. The zero-order valence-electron chi connectivity index (χ0n) is 11.3. The highest BCUT2D eigenvalue weighted by molar-refractivity contribution is 7.99. The Bertz CT molecular complexity index is 549. The molecule has 0 saturated carbocycles. The van der Waals surface area contributed by atoms with E-state index < -0.39 is 6.61 Å². The summed E-state index contributed by atoms with van der Waals surface area (Å²) >= 11 is 1.40. The van der Waals surface area contributed by atoms with E-state index in [1.807, 2.05) is 6.92 Å². The second kappa shape index (κ2) is 7.94. The highest BCUT2D eigenvalue weighted by atomic mass is 32.2. The number of benzene rings is 1. The van der Waals surface area contributed by atoms with Crippen LogP contribution in [0.2, 0.25) is 0 Å². The molecule has 5 nitrogen and oxygen atoms in total. The molecule has 2 aromatic rings. The largest absolute Gasteiger partial charge is 0.435 e. The van der Waals surface area contributed by atoms with Crippen LogP contribution < -0.4 is 4.74 Å². The Kier molecular flexibility index (Phi) is 5.94. The lowest BCUT2D eigenvalue weighted by Crippen LogP contribution is -2.01. The minimum Gasteiger partial charge on any atom is -0.435 e. The predicted octanol–water partition coefficient (Wildman–Crippen LogP) is 3.47. The van der Waals surface area contributed by atoms with Crippen molar-refractivity contribution in [2.45, 2.75) is 18.8 Å². The van der Waals surface area contributed by atoms with Gasteiger partial charge in [0.1, 0.15) is 5.75 Å². The summed E-state index contributed by atoms with van der Waals surface area (Å²) in [5.41, 5.74) is 0.640. The number of halogens is 2. The maximum atomic E-state index is 12.0. The molecule has 21 heavy (non-hydrogen) atoms. The fraction of sp³-hybridized carbons (Fsp3) is 0.385. The quantitative estimate of drug-likeness (QED) is 0.549. The number of nitrogens with zero attached hydrogens (tertiary/aromatic N) is 2. The lowest BCUT2D eigenvalue weighted by atomic mass is 10.2. The summed E-state index contributed by atoms with van der Waals surface area (Å²) in [5.74, 6) is 1.13. The van der Waals surface area contributed by atoms with Gasteiger partial charge in [0, 0.05) is 17.9 Å². The van der Waals surface area contributed by atoms with Crippen molar-refractivity contribution in [1.29, 1.82) is 0 Å². The van der Waals surface area contributed by atoms with E-state index in [9.17, 15) is 8.78 Å². The number of alkyl halides is 2. The van der Waals surface area contributed by atoms with Gasteiger partial charge in [-0.15, -0.1) is 10.2 Å². The van der Waals surface area contributed by atoms with Crippen molar-refractivity contribution >= 4 is 11.8 Å². The molecule has 0 radical (unpaired) electrons. The van der Waals surface area contributed by atoms with Crippen molar-refractivity contribution in [3.8, 4) is 17.2 Å². The molecule has 0 aliphatic rings. The third-order valence-corrected chi connectivity index (χ3v) is 3.17. The van der Waals surface area contributed by atoms with E-state index in [1.165, 1.54) is 23.9 Å². The van der Waals surface area contributed by atoms with E-state index in [-0.39, 0.29) is 5.75 Å². The second-order valence-corrected chi connectivity index (χ2v) is 4.87. The highest BCUT2D eigenvalue weighted by Gasteiger charge is 2.10. The SMILES string of the molecule is CCOCCSc1nnc(-c2ccc(OC(F)F)cc2)o1. The molecule has 0 atom stereocenters. The molecular weight excluding hydrogens is 302 g/mol. The minimum atomic E-state index is -2.84. The van der Waals surface area contributed by atoms with Crippen molar-refractivity contribution in [1.82, 2.24) is 10.2 Å². The maximum Gasteiger partial charge on any atom is 0.387 e. The summed E-state index contributed by atoms with van der Waals surface area (Å²) in [6, 6.07) is 6.01. The van der Waals surface area contributed by atoms with Gasteiger partial charge in [-0.1, -0.05) is 11.8 Å². The number of hydrogen-bond donors (Lipinski definition) is 0. The van der Waals surface area contributed by atoms with Gasteiger partial charge >= 0.3 is 6.61 Å². The first-order valence-corrected chi connectivity index (χ1v) is 7.27. The van der Waals surface area contributed by atoms with E-state index in [2.05, 4.69) is 14.9 Å². The molecule has 0 aliphatic carbocycles. The molecule has 0 saturated heterocycles. The summed E-state index contributed by atoms with van der Waals surface area (Å²) in [5, 5.41) is 8.25. The van der Waals surface area contributed by atoms with Gasteiger partial charge in [-0.3, -0.25) is 0 Å². The lowest BCUT2D eigenvalue weighted by Gasteiger charge is -2.03. The molecule has 2 rings (SSSR count). The number of ether oxygens (including phenoxy) is 2. The molecule has 0 unspecified atom stereocenters. The molecule has 1 heterocycles. The minimum absolute atomic E-state index is 0.0829. The molecule has 8 heteroatoms. The standard InChI is InChI=1S/C13H14F2N2O3S/c1-2-18-7-8-21-13-17-16-11(20-13)9-3-5-10(6-4-9)19-12(14)15/h3-6,12H,2,7-8H2,1H3. The summed E-state index contributed by atoms with van der Waals surface area (Å²) in [6.45, 7) is 0.366. The van der Waals surface area contributed by atoms with Crippen LogP contribution in [0, 0.1) is 0 Å². The Morgan fingerprint density at radius 1 is 1.24 bits per heavy atom. The molecule has 114 valence electrons. The zero-order valence-corrected chi connectivity index (χ0v) is 12.1. The van der Waals surface area contributed by atoms with Gasteiger partial charge in [0.15, 0.2) is 0 Å². The van der Waals surface area contributed by atoms with Gasteiger partial charge < -0.3 is 13.9 Å². The first-order chi connectivity index (χ1) is 10.2. The van der Waals surface area contributed by atoms with Crippen LogP contribution in [0.15, 0.2) is 33.9 Å². The number of hydrogen-bond acceptors (Lipinski definition) is 6. The molecule has 0 spiro atoms. The van der Waals surface area contributed by atoms with E-state index in [0.29, 0.717) is 29.9 Å². The van der Waals surface area contributed by atoms with E-state index >= 15 is 0 Å². The number of aromatic nitrogens is 2. The summed E-state index contributed by atoms with van der Waals surface area (Å²) in [4.78, 5) is 0. The van der Waals surface area contributed by atoms with Crippen LogP contribution in [0.4, 0.5) is 8.78 Å². The van der Waals surface area contributed by atoms with Crippen LogP contribution in [0.3, 0.4) is 0 Å². The highest BCUT2D eigenvalue weighted by Crippen LogP contribution is 2.25. The van der Waals surface area contributed by atoms with Gasteiger partial charge in [-0.2, -0.15) is 8.78 Å². The van der Waals surface area contributed by atoms with Crippen molar-refractivity contribution in [2.75, 3.05) is 19.0 Å². The van der Waals surface area contributed by atoms with Crippen molar-refractivity contribution in [3.05, 3.63) is 24.3 Å². The van der Waals surface area contributed by atoms with Crippen LogP contribution >= 0.6 is 11.8 Å². The van der Waals surface area contributed by atoms with Gasteiger partial charge in [0.2, 0.25) is 5.89 Å². The number of rotatable bonds is 8. The molecule has 0 amide bonds. The second-order valence-electron chi connectivity index (χ2n) is 3.82. The lowest BCUT2D eigenvalue weighted by molar-refractivity contribution is -0.0498. The first-order valence-electron chi connectivity index (χ1n) is 6.28. The van der Waals surface area contributed by atoms with Crippen molar-refractivity contribution in [3.63, 3.8) is 0 Å². The topological polar surface area (TPSA) is 57.4 Å². The van der Waals surface area contributed by atoms with Crippen LogP contribution in [-0.4, -0.2) is 35.8 Å².